The summed E-state index contributed by atoms with van der Waals surface area (Å²) in [4.78, 5) is 14.2. The molecule has 2 aliphatic rings. The predicted octanol–water partition coefficient (Wildman–Crippen LogP) is 0.301. The molecule has 0 aromatic carbocycles. The zero-order chi connectivity index (χ0) is 11.7. The number of likely N-dealkylation sites (tertiary alicyclic amines) is 1. The summed E-state index contributed by atoms with van der Waals surface area (Å²) in [5, 5.41) is 10.9. The third kappa shape index (κ3) is 2.02. The Morgan fingerprint density at radius 3 is 3.12 bits per heavy atom. The van der Waals surface area contributed by atoms with Gasteiger partial charge in [0.05, 0.1) is 18.0 Å². The first-order chi connectivity index (χ1) is 8.34. The topological polar surface area (TPSA) is 58.1 Å². The van der Waals surface area contributed by atoms with E-state index >= 15 is 0 Å². The fraction of sp³-hybridized carbons (Fsp3) is 0.583. The van der Waals surface area contributed by atoms with E-state index in [2.05, 4.69) is 15.5 Å². The van der Waals surface area contributed by atoms with E-state index in [-0.39, 0.29) is 5.91 Å². The van der Waals surface area contributed by atoms with Gasteiger partial charge in [0.25, 0.3) is 5.91 Å². The number of fused-ring (bicyclic) bond motifs is 1. The number of hydrogen-bond donors (Lipinski definition) is 1. The molecule has 3 rings (SSSR count). The molecule has 1 aromatic rings. The number of carbonyl (C=O) groups excluding carboxylic acids is 1. The van der Waals surface area contributed by atoms with Gasteiger partial charge in [0.1, 0.15) is 0 Å². The van der Waals surface area contributed by atoms with Crippen molar-refractivity contribution in [3.63, 3.8) is 0 Å². The molecule has 0 bridgehead atoms. The number of piperidine rings is 1. The van der Waals surface area contributed by atoms with Gasteiger partial charge in [-0.2, -0.15) is 10.2 Å². The van der Waals surface area contributed by atoms with Crippen LogP contribution in [0.25, 0.3) is 0 Å². The van der Waals surface area contributed by atoms with Crippen LogP contribution in [-0.2, 0) is 0 Å². The molecule has 1 N–H and O–H groups in total. The largest absolute Gasteiger partial charge is 0.337 e. The molecule has 5 nitrogen and oxygen atoms in total. The predicted molar refractivity (Wildman–Crippen MR) is 62.5 cm³/mol. The maximum atomic E-state index is 12.2. The van der Waals surface area contributed by atoms with Crippen molar-refractivity contribution >= 4 is 5.91 Å². The molecule has 2 unspecified atom stereocenters. The zero-order valence-electron chi connectivity index (χ0n) is 9.67. The number of aromatic nitrogens is 2. The Labute approximate surface area is 100 Å². The van der Waals surface area contributed by atoms with Crippen LogP contribution in [-0.4, -0.2) is 46.7 Å². The Balaban J connectivity index is 1.72. The fourth-order valence-electron chi connectivity index (χ4n) is 2.81. The number of nitrogens with one attached hydrogen (secondary N) is 1. The van der Waals surface area contributed by atoms with Gasteiger partial charge in [-0.05, 0) is 31.4 Å². The van der Waals surface area contributed by atoms with Crippen LogP contribution in [0.1, 0.15) is 23.2 Å². The normalized spacial score (nSPS) is 27.9. The van der Waals surface area contributed by atoms with E-state index < -0.39 is 0 Å². The summed E-state index contributed by atoms with van der Waals surface area (Å²) in [7, 11) is 0. The minimum atomic E-state index is 0.0797. The molecule has 0 saturated carbocycles. The third-order valence-corrected chi connectivity index (χ3v) is 3.72. The van der Waals surface area contributed by atoms with Gasteiger partial charge in [-0.15, -0.1) is 0 Å². The number of amides is 1. The summed E-state index contributed by atoms with van der Waals surface area (Å²) >= 11 is 0. The second-order valence-electron chi connectivity index (χ2n) is 4.80. The van der Waals surface area contributed by atoms with E-state index in [9.17, 15) is 4.79 Å². The van der Waals surface area contributed by atoms with Crippen molar-refractivity contribution < 1.29 is 4.79 Å². The summed E-state index contributed by atoms with van der Waals surface area (Å²) in [6.45, 7) is 2.78. The number of nitrogens with zero attached hydrogens (tertiary/aromatic N) is 3. The van der Waals surface area contributed by atoms with E-state index in [1.165, 1.54) is 19.0 Å². The maximum Gasteiger partial charge on any atom is 0.255 e. The van der Waals surface area contributed by atoms with Gasteiger partial charge < -0.3 is 10.2 Å². The molecule has 2 saturated heterocycles. The van der Waals surface area contributed by atoms with Gasteiger partial charge in [0.2, 0.25) is 0 Å². The molecule has 2 fully saturated rings. The van der Waals surface area contributed by atoms with Crippen LogP contribution < -0.4 is 5.32 Å². The molecule has 1 aromatic heterocycles. The number of hydrogen-bond acceptors (Lipinski definition) is 4. The van der Waals surface area contributed by atoms with Gasteiger partial charge in [-0.1, -0.05) is 0 Å². The van der Waals surface area contributed by atoms with Crippen LogP contribution in [0, 0.1) is 5.92 Å². The van der Waals surface area contributed by atoms with Gasteiger partial charge >= 0.3 is 0 Å². The Hall–Kier alpha value is -1.49. The molecule has 1 amide bonds. The lowest BCUT2D eigenvalue weighted by Gasteiger charge is -2.24. The van der Waals surface area contributed by atoms with Crippen molar-refractivity contribution in [1.82, 2.24) is 20.4 Å². The lowest BCUT2D eigenvalue weighted by atomic mass is 9.94. The van der Waals surface area contributed by atoms with Crippen molar-refractivity contribution in [3.8, 4) is 0 Å². The van der Waals surface area contributed by atoms with Gasteiger partial charge in [-0.3, -0.25) is 4.79 Å². The molecule has 3 heterocycles. The van der Waals surface area contributed by atoms with Crippen molar-refractivity contribution in [2.24, 2.45) is 5.92 Å². The minimum absolute atomic E-state index is 0.0797. The molecule has 2 atom stereocenters. The summed E-state index contributed by atoms with van der Waals surface area (Å²) in [6, 6.07) is 2.22. The van der Waals surface area contributed by atoms with Crippen molar-refractivity contribution in [2.75, 3.05) is 19.6 Å². The first-order valence-corrected chi connectivity index (χ1v) is 6.14. The van der Waals surface area contributed by atoms with E-state index in [1.54, 1.807) is 12.3 Å². The Kier molecular flexibility index (Phi) is 2.76. The monoisotopic (exact) mass is 232 g/mol. The molecule has 0 aliphatic carbocycles. The molecule has 0 spiro atoms. The quantitative estimate of drug-likeness (QED) is 0.756. The van der Waals surface area contributed by atoms with Gasteiger partial charge in [0.15, 0.2) is 0 Å². The Bertz CT molecular complexity index is 394. The highest BCUT2D eigenvalue weighted by atomic mass is 16.2. The SMILES string of the molecule is O=C(c1ccnnc1)N1CC2CCCNC2C1. The number of rotatable bonds is 1. The van der Waals surface area contributed by atoms with E-state index in [0.29, 0.717) is 17.5 Å². The molecule has 90 valence electrons. The summed E-state index contributed by atoms with van der Waals surface area (Å²) in [5.41, 5.74) is 0.638. The van der Waals surface area contributed by atoms with Crippen LogP contribution >= 0.6 is 0 Å². The van der Waals surface area contributed by atoms with Crippen LogP contribution in [0.4, 0.5) is 0 Å². The van der Waals surface area contributed by atoms with Crippen LogP contribution in [0.15, 0.2) is 18.5 Å². The van der Waals surface area contributed by atoms with E-state index in [1.807, 2.05) is 4.90 Å². The molecule has 17 heavy (non-hydrogen) atoms. The van der Waals surface area contributed by atoms with Crippen LogP contribution in [0.2, 0.25) is 0 Å². The second-order valence-corrected chi connectivity index (χ2v) is 4.80. The summed E-state index contributed by atoms with van der Waals surface area (Å²) < 4.78 is 0. The molecule has 2 aliphatic heterocycles. The molecular formula is C12H16N4O. The third-order valence-electron chi connectivity index (χ3n) is 3.72. The highest BCUT2D eigenvalue weighted by molar-refractivity contribution is 5.94. The first kappa shape index (κ1) is 10.7. The molecule has 0 radical (unpaired) electrons. The molecule has 5 heteroatoms. The Morgan fingerprint density at radius 1 is 1.41 bits per heavy atom. The standard InChI is InChI=1S/C12H16N4O/c17-12(9-3-5-14-15-6-9)16-7-10-2-1-4-13-11(10)8-16/h3,5-6,10-11,13H,1-2,4,7-8H2. The van der Waals surface area contributed by atoms with E-state index in [4.69, 9.17) is 0 Å². The van der Waals surface area contributed by atoms with Crippen molar-refractivity contribution in [1.29, 1.82) is 0 Å². The first-order valence-electron chi connectivity index (χ1n) is 6.14. The van der Waals surface area contributed by atoms with Crippen LogP contribution in [0.3, 0.4) is 0 Å². The summed E-state index contributed by atoms with van der Waals surface area (Å²) in [5.74, 6) is 0.707. The maximum absolute atomic E-state index is 12.2. The van der Waals surface area contributed by atoms with Crippen molar-refractivity contribution in [3.05, 3.63) is 24.0 Å². The minimum Gasteiger partial charge on any atom is -0.337 e. The highest BCUT2D eigenvalue weighted by Gasteiger charge is 2.36. The smallest absolute Gasteiger partial charge is 0.255 e. The average Bonchev–Trinajstić information content (AvgIpc) is 2.82. The lowest BCUT2D eigenvalue weighted by molar-refractivity contribution is 0.0785. The van der Waals surface area contributed by atoms with Gasteiger partial charge in [0, 0.05) is 19.1 Å². The average molecular weight is 232 g/mol. The second kappa shape index (κ2) is 4.41. The summed E-state index contributed by atoms with van der Waals surface area (Å²) in [6.07, 6.45) is 5.56. The van der Waals surface area contributed by atoms with Gasteiger partial charge in [-0.25, -0.2) is 0 Å². The molecular weight excluding hydrogens is 216 g/mol. The van der Waals surface area contributed by atoms with E-state index in [0.717, 1.165) is 19.6 Å². The lowest BCUT2D eigenvalue weighted by Crippen LogP contribution is -2.41. The van der Waals surface area contributed by atoms with Crippen LogP contribution in [0.5, 0.6) is 0 Å². The highest BCUT2D eigenvalue weighted by Crippen LogP contribution is 2.25. The zero-order valence-corrected chi connectivity index (χ0v) is 9.67. The Morgan fingerprint density at radius 2 is 2.35 bits per heavy atom. The van der Waals surface area contributed by atoms with Crippen molar-refractivity contribution in [2.45, 2.75) is 18.9 Å². The number of carbonyl (C=O) groups is 1. The fourth-order valence-corrected chi connectivity index (χ4v) is 2.81.